The number of nitrogens with zero attached hydrogens (tertiary/aromatic N) is 1. The summed E-state index contributed by atoms with van der Waals surface area (Å²) in [6, 6.07) is 11.7. The minimum atomic E-state index is -0.257. The standard InChI is InChI=1S/C21H26ClN3O2/c1-14(26)8-11-23-9-3-10-24-21-17-6-4-15(22)12-20(17)25-19-7-5-16(27-2)13-18(19)21/h4-7,12-14,23,26H,3,8-11H2,1-2H3,(H,24,25)/t14-/m1/s1. The Morgan fingerprint density at radius 2 is 1.93 bits per heavy atom. The Balaban J connectivity index is 1.80. The summed E-state index contributed by atoms with van der Waals surface area (Å²) in [4.78, 5) is 4.74. The smallest absolute Gasteiger partial charge is 0.119 e. The molecule has 0 aliphatic carbocycles. The number of methoxy groups -OCH3 is 1. The molecule has 3 rings (SSSR count). The maximum absolute atomic E-state index is 9.29. The number of ether oxygens (including phenoxy) is 1. The van der Waals surface area contributed by atoms with Gasteiger partial charge in [-0.3, -0.25) is 0 Å². The Kier molecular flexibility index (Phi) is 6.72. The van der Waals surface area contributed by atoms with Crippen molar-refractivity contribution in [1.82, 2.24) is 10.3 Å². The lowest BCUT2D eigenvalue weighted by molar-refractivity contribution is 0.184. The minimum absolute atomic E-state index is 0.257. The maximum atomic E-state index is 9.29. The van der Waals surface area contributed by atoms with E-state index in [0.717, 1.165) is 65.7 Å². The number of halogens is 1. The Morgan fingerprint density at radius 1 is 1.07 bits per heavy atom. The summed E-state index contributed by atoms with van der Waals surface area (Å²) in [7, 11) is 1.67. The van der Waals surface area contributed by atoms with Crippen LogP contribution in [0.25, 0.3) is 21.8 Å². The lowest BCUT2D eigenvalue weighted by Crippen LogP contribution is -2.22. The number of anilines is 1. The molecule has 0 spiro atoms. The van der Waals surface area contributed by atoms with Gasteiger partial charge in [0.25, 0.3) is 0 Å². The van der Waals surface area contributed by atoms with E-state index >= 15 is 0 Å². The largest absolute Gasteiger partial charge is 0.497 e. The Labute approximate surface area is 164 Å². The molecule has 3 aromatic rings. The van der Waals surface area contributed by atoms with E-state index in [-0.39, 0.29) is 6.10 Å². The Hall–Kier alpha value is -2.08. The molecule has 0 aliphatic heterocycles. The van der Waals surface area contributed by atoms with Crippen molar-refractivity contribution in [3.63, 3.8) is 0 Å². The summed E-state index contributed by atoms with van der Waals surface area (Å²) in [5.74, 6) is 0.806. The predicted molar refractivity (Wildman–Crippen MR) is 113 cm³/mol. The van der Waals surface area contributed by atoms with Crippen molar-refractivity contribution in [3.8, 4) is 5.75 Å². The van der Waals surface area contributed by atoms with Crippen LogP contribution >= 0.6 is 11.6 Å². The second kappa shape index (κ2) is 9.22. The van der Waals surface area contributed by atoms with Gasteiger partial charge >= 0.3 is 0 Å². The molecule has 0 saturated carbocycles. The van der Waals surface area contributed by atoms with E-state index in [0.29, 0.717) is 5.02 Å². The topological polar surface area (TPSA) is 66.4 Å². The molecular weight excluding hydrogens is 362 g/mol. The molecule has 1 atom stereocenters. The second-order valence-electron chi connectivity index (χ2n) is 6.70. The molecule has 2 aromatic carbocycles. The van der Waals surface area contributed by atoms with Crippen molar-refractivity contribution in [2.75, 3.05) is 32.1 Å². The van der Waals surface area contributed by atoms with Crippen LogP contribution in [-0.2, 0) is 0 Å². The monoisotopic (exact) mass is 387 g/mol. The first-order valence-corrected chi connectivity index (χ1v) is 9.66. The van der Waals surface area contributed by atoms with Gasteiger partial charge in [-0.1, -0.05) is 11.6 Å². The quantitative estimate of drug-likeness (QED) is 0.379. The van der Waals surface area contributed by atoms with E-state index < -0.39 is 0 Å². The van der Waals surface area contributed by atoms with Crippen LogP contribution < -0.4 is 15.4 Å². The highest BCUT2D eigenvalue weighted by atomic mass is 35.5. The van der Waals surface area contributed by atoms with Crippen LogP contribution in [0.2, 0.25) is 5.02 Å². The zero-order valence-electron chi connectivity index (χ0n) is 15.8. The summed E-state index contributed by atoms with van der Waals surface area (Å²) in [6.45, 7) is 4.36. The predicted octanol–water partition coefficient (Wildman–Crippen LogP) is 4.21. The number of aliphatic hydroxyl groups is 1. The van der Waals surface area contributed by atoms with E-state index in [9.17, 15) is 5.11 Å². The SMILES string of the molecule is COc1ccc2nc3cc(Cl)ccc3c(NCCCNCC[C@@H](C)O)c2c1. The highest BCUT2D eigenvalue weighted by molar-refractivity contribution is 6.31. The zero-order valence-corrected chi connectivity index (χ0v) is 16.5. The molecule has 1 aromatic heterocycles. The molecule has 0 bridgehead atoms. The average Bonchev–Trinajstić information content (AvgIpc) is 2.65. The fraction of sp³-hybridized carbons (Fsp3) is 0.381. The lowest BCUT2D eigenvalue weighted by atomic mass is 10.1. The van der Waals surface area contributed by atoms with Gasteiger partial charge in [0.1, 0.15) is 5.75 Å². The molecule has 0 unspecified atom stereocenters. The van der Waals surface area contributed by atoms with E-state index in [1.807, 2.05) is 43.3 Å². The maximum Gasteiger partial charge on any atom is 0.119 e. The van der Waals surface area contributed by atoms with Crippen LogP contribution in [0.1, 0.15) is 19.8 Å². The molecule has 3 N–H and O–H groups in total. The van der Waals surface area contributed by atoms with Crippen molar-refractivity contribution in [2.24, 2.45) is 0 Å². The minimum Gasteiger partial charge on any atom is -0.497 e. The van der Waals surface area contributed by atoms with Gasteiger partial charge in [0.2, 0.25) is 0 Å². The van der Waals surface area contributed by atoms with E-state index in [4.69, 9.17) is 21.3 Å². The van der Waals surface area contributed by atoms with Crippen molar-refractivity contribution in [1.29, 1.82) is 0 Å². The third-order valence-corrected chi connectivity index (χ3v) is 4.75. The molecule has 1 heterocycles. The number of aromatic nitrogens is 1. The number of rotatable bonds is 9. The summed E-state index contributed by atoms with van der Waals surface area (Å²) in [5.41, 5.74) is 2.83. The number of hydrogen-bond donors (Lipinski definition) is 3. The summed E-state index contributed by atoms with van der Waals surface area (Å²) in [5, 5.41) is 19.0. The van der Waals surface area contributed by atoms with Crippen molar-refractivity contribution in [2.45, 2.75) is 25.9 Å². The van der Waals surface area contributed by atoms with Crippen LogP contribution in [0.3, 0.4) is 0 Å². The molecule has 0 fully saturated rings. The third kappa shape index (κ3) is 5.01. The van der Waals surface area contributed by atoms with E-state index in [1.165, 1.54) is 0 Å². The Morgan fingerprint density at radius 3 is 2.70 bits per heavy atom. The highest BCUT2D eigenvalue weighted by Gasteiger charge is 2.10. The lowest BCUT2D eigenvalue weighted by Gasteiger charge is -2.14. The molecule has 5 nitrogen and oxygen atoms in total. The van der Waals surface area contributed by atoms with Gasteiger partial charge in [-0.2, -0.15) is 0 Å². The summed E-state index contributed by atoms with van der Waals surface area (Å²) < 4.78 is 5.39. The fourth-order valence-corrected chi connectivity index (χ4v) is 3.24. The van der Waals surface area contributed by atoms with Gasteiger partial charge in [-0.05, 0) is 69.3 Å². The molecular formula is C21H26ClN3O2. The van der Waals surface area contributed by atoms with Crippen molar-refractivity contribution < 1.29 is 9.84 Å². The van der Waals surface area contributed by atoms with Crippen molar-refractivity contribution >= 4 is 39.1 Å². The molecule has 27 heavy (non-hydrogen) atoms. The first kappa shape index (κ1) is 19.7. The number of fused-ring (bicyclic) bond motifs is 2. The molecule has 0 amide bonds. The molecule has 0 saturated heterocycles. The first-order valence-electron chi connectivity index (χ1n) is 9.28. The van der Waals surface area contributed by atoms with Crippen LogP contribution in [0, 0.1) is 0 Å². The van der Waals surface area contributed by atoms with Gasteiger partial charge < -0.3 is 20.5 Å². The van der Waals surface area contributed by atoms with Crippen LogP contribution in [0.4, 0.5) is 5.69 Å². The number of pyridine rings is 1. The molecule has 0 radical (unpaired) electrons. The van der Waals surface area contributed by atoms with Gasteiger partial charge in [0, 0.05) is 22.3 Å². The van der Waals surface area contributed by atoms with Gasteiger partial charge in [-0.15, -0.1) is 0 Å². The number of benzene rings is 2. The molecule has 6 heteroatoms. The average molecular weight is 388 g/mol. The van der Waals surface area contributed by atoms with Gasteiger partial charge in [-0.25, -0.2) is 4.98 Å². The Bertz CT molecular complexity index is 915. The fourth-order valence-electron chi connectivity index (χ4n) is 3.08. The van der Waals surface area contributed by atoms with Crippen LogP contribution in [0.15, 0.2) is 36.4 Å². The van der Waals surface area contributed by atoms with Crippen molar-refractivity contribution in [3.05, 3.63) is 41.4 Å². The molecule has 0 aliphatic rings. The van der Waals surface area contributed by atoms with Gasteiger partial charge in [0.15, 0.2) is 0 Å². The second-order valence-corrected chi connectivity index (χ2v) is 7.14. The normalized spacial score (nSPS) is 12.4. The van der Waals surface area contributed by atoms with E-state index in [1.54, 1.807) is 7.11 Å². The van der Waals surface area contributed by atoms with Gasteiger partial charge in [0.05, 0.1) is 29.9 Å². The third-order valence-electron chi connectivity index (χ3n) is 4.51. The highest BCUT2D eigenvalue weighted by Crippen LogP contribution is 2.34. The van der Waals surface area contributed by atoms with E-state index in [2.05, 4.69) is 10.6 Å². The summed E-state index contributed by atoms with van der Waals surface area (Å²) >= 11 is 6.16. The van der Waals surface area contributed by atoms with Crippen LogP contribution in [-0.4, -0.2) is 42.9 Å². The zero-order chi connectivity index (χ0) is 19.2. The molecule has 144 valence electrons. The number of hydrogen-bond acceptors (Lipinski definition) is 5. The first-order chi connectivity index (χ1) is 13.1. The van der Waals surface area contributed by atoms with Crippen LogP contribution in [0.5, 0.6) is 5.75 Å². The summed E-state index contributed by atoms with van der Waals surface area (Å²) in [6.07, 6.45) is 1.49. The number of aliphatic hydroxyl groups excluding tert-OH is 1. The number of nitrogens with one attached hydrogen (secondary N) is 2.